The van der Waals surface area contributed by atoms with Crippen LogP contribution in [0.25, 0.3) is 0 Å². The van der Waals surface area contributed by atoms with Gasteiger partial charge in [0.25, 0.3) is 5.91 Å². The van der Waals surface area contributed by atoms with Crippen LogP contribution in [0.4, 0.5) is 5.69 Å². The van der Waals surface area contributed by atoms with E-state index in [1.807, 2.05) is 13.8 Å². The van der Waals surface area contributed by atoms with Crippen LogP contribution in [0.5, 0.6) is 5.75 Å². The van der Waals surface area contributed by atoms with Gasteiger partial charge in [-0.1, -0.05) is 39.1 Å². The standard InChI is InChI=1S/C20H20BrCl2N3O4/c1-11(2)30-17-6-3-12(21)9-14(17)20(29)26-25-19(28)8-7-18(27)24-16-5-4-13(22)10-15(16)23/h3-6,9-11H,7-8H2,1-2H3,(H,24,27)(H,25,28)(H,26,29). The maximum atomic E-state index is 12.4. The van der Waals surface area contributed by atoms with Crippen molar-refractivity contribution < 1.29 is 19.1 Å². The molecular formula is C20H20BrCl2N3O4. The quantitative estimate of drug-likeness (QED) is 0.464. The molecule has 0 atom stereocenters. The molecule has 7 nitrogen and oxygen atoms in total. The number of carbonyl (C=O) groups is 3. The van der Waals surface area contributed by atoms with Gasteiger partial charge in [0, 0.05) is 22.3 Å². The number of nitrogens with one attached hydrogen (secondary N) is 3. The SMILES string of the molecule is CC(C)Oc1ccc(Br)cc1C(=O)NNC(=O)CCC(=O)Nc1ccc(Cl)cc1Cl. The summed E-state index contributed by atoms with van der Waals surface area (Å²) in [6, 6.07) is 9.65. The van der Waals surface area contributed by atoms with Crippen LogP contribution in [0.1, 0.15) is 37.0 Å². The van der Waals surface area contributed by atoms with Crippen molar-refractivity contribution in [3.63, 3.8) is 0 Å². The first-order chi connectivity index (χ1) is 14.2. The number of hydrazine groups is 1. The zero-order valence-corrected chi connectivity index (χ0v) is 19.3. The van der Waals surface area contributed by atoms with E-state index in [0.29, 0.717) is 26.0 Å². The van der Waals surface area contributed by atoms with Crippen LogP contribution in [-0.4, -0.2) is 23.8 Å². The maximum Gasteiger partial charge on any atom is 0.273 e. The minimum Gasteiger partial charge on any atom is -0.490 e. The number of rotatable bonds is 7. The monoisotopic (exact) mass is 515 g/mol. The van der Waals surface area contributed by atoms with Crippen molar-refractivity contribution in [1.82, 2.24) is 10.9 Å². The van der Waals surface area contributed by atoms with Crippen molar-refractivity contribution in [2.75, 3.05) is 5.32 Å². The zero-order valence-electron chi connectivity index (χ0n) is 16.2. The Hall–Kier alpha value is -2.29. The molecular weight excluding hydrogens is 497 g/mol. The Morgan fingerprint density at radius 2 is 1.70 bits per heavy atom. The van der Waals surface area contributed by atoms with Crippen molar-refractivity contribution in [2.45, 2.75) is 32.8 Å². The molecule has 2 rings (SSSR count). The van der Waals surface area contributed by atoms with Crippen LogP contribution in [-0.2, 0) is 9.59 Å². The van der Waals surface area contributed by atoms with E-state index in [4.69, 9.17) is 27.9 Å². The van der Waals surface area contributed by atoms with Gasteiger partial charge in [-0.3, -0.25) is 25.2 Å². The molecule has 160 valence electrons. The van der Waals surface area contributed by atoms with Crippen LogP contribution >= 0.6 is 39.1 Å². The number of amides is 3. The summed E-state index contributed by atoms with van der Waals surface area (Å²) in [4.78, 5) is 36.4. The highest BCUT2D eigenvalue weighted by Gasteiger charge is 2.16. The predicted molar refractivity (Wildman–Crippen MR) is 120 cm³/mol. The maximum absolute atomic E-state index is 12.4. The molecule has 0 aliphatic heterocycles. The number of hydrogen-bond acceptors (Lipinski definition) is 4. The number of carbonyl (C=O) groups excluding carboxylic acids is 3. The minimum atomic E-state index is -0.544. The topological polar surface area (TPSA) is 96.5 Å². The van der Waals surface area contributed by atoms with Gasteiger partial charge < -0.3 is 10.1 Å². The second-order valence-corrected chi connectivity index (χ2v) is 8.24. The number of ether oxygens (including phenoxy) is 1. The molecule has 3 amide bonds. The smallest absolute Gasteiger partial charge is 0.273 e. The summed E-state index contributed by atoms with van der Waals surface area (Å²) in [5.74, 6) is -1.08. The summed E-state index contributed by atoms with van der Waals surface area (Å²) < 4.78 is 6.30. The lowest BCUT2D eigenvalue weighted by Crippen LogP contribution is -2.42. The molecule has 30 heavy (non-hydrogen) atoms. The van der Waals surface area contributed by atoms with Gasteiger partial charge in [-0.25, -0.2) is 0 Å². The number of halogens is 3. The Labute approximate surface area is 192 Å². The average Bonchev–Trinajstić information content (AvgIpc) is 2.67. The van der Waals surface area contributed by atoms with Crippen LogP contribution in [0.15, 0.2) is 40.9 Å². The normalized spacial score (nSPS) is 10.5. The molecule has 0 radical (unpaired) electrons. The Kier molecular flexibility index (Phi) is 8.95. The van der Waals surface area contributed by atoms with E-state index in [2.05, 4.69) is 32.1 Å². The van der Waals surface area contributed by atoms with Crippen LogP contribution in [0, 0.1) is 0 Å². The van der Waals surface area contributed by atoms with E-state index in [-0.39, 0.29) is 24.5 Å². The first-order valence-electron chi connectivity index (χ1n) is 8.96. The molecule has 2 aromatic carbocycles. The van der Waals surface area contributed by atoms with Gasteiger partial charge in [0.1, 0.15) is 5.75 Å². The summed E-state index contributed by atoms with van der Waals surface area (Å²) in [6.07, 6.45) is -0.357. The van der Waals surface area contributed by atoms with E-state index < -0.39 is 17.7 Å². The van der Waals surface area contributed by atoms with Gasteiger partial charge in [0.2, 0.25) is 11.8 Å². The first-order valence-corrected chi connectivity index (χ1v) is 10.5. The fourth-order valence-electron chi connectivity index (χ4n) is 2.32. The molecule has 3 N–H and O–H groups in total. The van der Waals surface area contributed by atoms with E-state index in [1.54, 1.807) is 30.3 Å². The molecule has 10 heteroatoms. The van der Waals surface area contributed by atoms with E-state index >= 15 is 0 Å². The molecule has 0 aliphatic rings. The lowest BCUT2D eigenvalue weighted by Gasteiger charge is -2.15. The summed E-state index contributed by atoms with van der Waals surface area (Å²) in [5.41, 5.74) is 5.26. The van der Waals surface area contributed by atoms with Crippen LogP contribution < -0.4 is 20.9 Å². The van der Waals surface area contributed by atoms with Gasteiger partial charge in [-0.2, -0.15) is 0 Å². The van der Waals surface area contributed by atoms with Crippen molar-refractivity contribution in [1.29, 1.82) is 0 Å². The van der Waals surface area contributed by atoms with E-state index in [1.165, 1.54) is 6.07 Å². The number of anilines is 1. The molecule has 0 bridgehead atoms. The third kappa shape index (κ3) is 7.51. The highest BCUT2D eigenvalue weighted by atomic mass is 79.9. The van der Waals surface area contributed by atoms with Crippen LogP contribution in [0.3, 0.4) is 0 Å². The lowest BCUT2D eigenvalue weighted by atomic mass is 10.2. The number of hydrogen-bond donors (Lipinski definition) is 3. The predicted octanol–water partition coefficient (Wildman–Crippen LogP) is 4.72. The molecule has 0 spiro atoms. The molecule has 0 saturated carbocycles. The van der Waals surface area contributed by atoms with E-state index in [9.17, 15) is 14.4 Å². The molecule has 0 fully saturated rings. The third-order valence-corrected chi connectivity index (χ3v) is 4.69. The summed E-state index contributed by atoms with van der Waals surface area (Å²) in [5, 5.41) is 3.33. The Balaban J connectivity index is 1.85. The van der Waals surface area contributed by atoms with Crippen molar-refractivity contribution in [3.05, 3.63) is 56.5 Å². The van der Waals surface area contributed by atoms with Gasteiger partial charge >= 0.3 is 0 Å². The zero-order chi connectivity index (χ0) is 22.3. The van der Waals surface area contributed by atoms with Gasteiger partial charge in [-0.15, -0.1) is 0 Å². The van der Waals surface area contributed by atoms with E-state index in [0.717, 1.165) is 0 Å². The third-order valence-electron chi connectivity index (χ3n) is 3.65. The molecule has 0 heterocycles. The van der Waals surface area contributed by atoms with Gasteiger partial charge in [0.05, 0.1) is 22.4 Å². The summed E-state index contributed by atoms with van der Waals surface area (Å²) >= 11 is 15.1. The molecule has 2 aromatic rings. The largest absolute Gasteiger partial charge is 0.490 e. The summed E-state index contributed by atoms with van der Waals surface area (Å²) in [7, 11) is 0. The Morgan fingerprint density at radius 1 is 1.00 bits per heavy atom. The fourth-order valence-corrected chi connectivity index (χ4v) is 3.14. The van der Waals surface area contributed by atoms with Crippen molar-refractivity contribution in [2.24, 2.45) is 0 Å². The molecule has 0 aromatic heterocycles. The van der Waals surface area contributed by atoms with Crippen molar-refractivity contribution in [3.8, 4) is 5.75 Å². The molecule has 0 unspecified atom stereocenters. The highest BCUT2D eigenvalue weighted by Crippen LogP contribution is 2.26. The summed E-state index contributed by atoms with van der Waals surface area (Å²) in [6.45, 7) is 3.68. The second-order valence-electron chi connectivity index (χ2n) is 6.48. The number of benzene rings is 2. The Bertz CT molecular complexity index is 954. The van der Waals surface area contributed by atoms with Gasteiger partial charge in [-0.05, 0) is 50.2 Å². The fraction of sp³-hybridized carbons (Fsp3) is 0.250. The molecule has 0 saturated heterocycles. The lowest BCUT2D eigenvalue weighted by molar-refractivity contribution is -0.124. The first kappa shape index (κ1) is 24.0. The van der Waals surface area contributed by atoms with Crippen molar-refractivity contribution >= 4 is 62.5 Å². The average molecular weight is 517 g/mol. The molecule has 0 aliphatic carbocycles. The highest BCUT2D eigenvalue weighted by molar-refractivity contribution is 9.10. The van der Waals surface area contributed by atoms with Crippen LogP contribution in [0.2, 0.25) is 10.0 Å². The Morgan fingerprint density at radius 3 is 2.37 bits per heavy atom. The minimum absolute atomic E-state index is 0.0980. The van der Waals surface area contributed by atoms with Gasteiger partial charge in [0.15, 0.2) is 0 Å². The second kappa shape index (κ2) is 11.2.